The molecule has 138 valence electrons. The van der Waals surface area contributed by atoms with Crippen molar-refractivity contribution in [3.63, 3.8) is 0 Å². The molecule has 8 nitrogen and oxygen atoms in total. The second kappa shape index (κ2) is 7.85. The van der Waals surface area contributed by atoms with Crippen LogP contribution in [0.4, 0.5) is 5.82 Å². The van der Waals surface area contributed by atoms with Gasteiger partial charge >= 0.3 is 5.69 Å². The molecule has 1 aromatic heterocycles. The summed E-state index contributed by atoms with van der Waals surface area (Å²) in [6.07, 6.45) is 5.31. The van der Waals surface area contributed by atoms with Crippen molar-refractivity contribution in [2.45, 2.75) is 37.6 Å². The van der Waals surface area contributed by atoms with Gasteiger partial charge in [-0.1, -0.05) is 19.3 Å². The highest BCUT2D eigenvalue weighted by atomic mass is 16.3. The fraction of sp³-hybridized carbons (Fsp3) is 0.706. The molecule has 0 spiro atoms. The third-order valence-corrected chi connectivity index (χ3v) is 5.39. The molecule has 0 radical (unpaired) electrons. The summed E-state index contributed by atoms with van der Waals surface area (Å²) in [6.45, 7) is 1.15. The first-order valence-electron chi connectivity index (χ1n) is 8.64. The van der Waals surface area contributed by atoms with E-state index in [1.165, 1.54) is 18.0 Å². The zero-order chi connectivity index (χ0) is 18.6. The molecule has 1 aromatic rings. The molecule has 2 N–H and O–H groups in total. The largest absolute Gasteiger partial charge is 0.395 e. The Morgan fingerprint density at radius 2 is 1.88 bits per heavy atom. The predicted molar refractivity (Wildman–Crippen MR) is 95.7 cm³/mol. The Morgan fingerprint density at radius 3 is 2.44 bits per heavy atom. The Balaban J connectivity index is 2.37. The summed E-state index contributed by atoms with van der Waals surface area (Å²) in [5.74, 6) is 0.262. The average molecular weight is 349 g/mol. The minimum Gasteiger partial charge on any atom is -0.395 e. The molecule has 0 amide bonds. The number of aromatic nitrogens is 2. The zero-order valence-electron chi connectivity index (χ0n) is 15.2. The van der Waals surface area contributed by atoms with Crippen LogP contribution in [-0.2, 0) is 14.1 Å². The predicted octanol–water partition coefficient (Wildman–Crippen LogP) is -0.00542. The lowest BCUT2D eigenvalue weighted by Crippen LogP contribution is -2.54. The quantitative estimate of drug-likeness (QED) is 0.749. The van der Waals surface area contributed by atoms with Crippen molar-refractivity contribution in [2.24, 2.45) is 14.1 Å². The lowest BCUT2D eigenvalue weighted by Gasteiger charge is -2.45. The minimum absolute atomic E-state index is 0.0552. The maximum absolute atomic E-state index is 12.2. The number of nitrogens with zero attached hydrogens (tertiary/aromatic N) is 4. The molecule has 1 aliphatic rings. The van der Waals surface area contributed by atoms with Crippen LogP contribution >= 0.6 is 0 Å². The molecular weight excluding hydrogens is 322 g/mol. The fourth-order valence-corrected chi connectivity index (χ4v) is 3.69. The van der Waals surface area contributed by atoms with Crippen LogP contribution in [0.3, 0.4) is 0 Å². The van der Waals surface area contributed by atoms with Crippen molar-refractivity contribution in [3.05, 3.63) is 26.4 Å². The topological polar surface area (TPSA) is 103 Å². The molecule has 0 aromatic carbocycles. The first kappa shape index (κ1) is 19.2. The van der Waals surface area contributed by atoms with Gasteiger partial charge in [0.05, 0.1) is 6.61 Å². The van der Waals surface area contributed by atoms with E-state index >= 15 is 0 Å². The highest BCUT2D eigenvalue weighted by molar-refractivity contribution is 5.51. The number of likely N-dealkylation sites (N-methyl/N-ethyl adjacent to an activating group) is 1. The number of nitrogens with one attached hydrogen (secondary N) is 1. The van der Waals surface area contributed by atoms with Crippen molar-refractivity contribution in [1.29, 1.82) is 5.26 Å². The molecule has 0 aliphatic heterocycles. The van der Waals surface area contributed by atoms with E-state index in [0.717, 1.165) is 30.3 Å². The number of hydrogen-bond donors (Lipinski definition) is 2. The normalized spacial score (nSPS) is 16.6. The molecule has 2 rings (SSSR count). The van der Waals surface area contributed by atoms with Crippen molar-refractivity contribution < 1.29 is 5.11 Å². The maximum Gasteiger partial charge on any atom is 0.332 e. The fourth-order valence-electron chi connectivity index (χ4n) is 3.69. The second-order valence-corrected chi connectivity index (χ2v) is 6.82. The highest BCUT2D eigenvalue weighted by Crippen LogP contribution is 2.33. The van der Waals surface area contributed by atoms with Crippen LogP contribution < -0.4 is 16.6 Å². The van der Waals surface area contributed by atoms with Gasteiger partial charge in [-0.3, -0.25) is 18.8 Å². The third-order valence-electron chi connectivity index (χ3n) is 5.39. The summed E-state index contributed by atoms with van der Waals surface area (Å²) < 4.78 is 2.25. The molecule has 1 saturated carbocycles. The molecule has 0 atom stereocenters. The van der Waals surface area contributed by atoms with Crippen molar-refractivity contribution in [2.75, 3.05) is 32.1 Å². The molecule has 0 saturated heterocycles. The molecule has 8 heteroatoms. The van der Waals surface area contributed by atoms with Gasteiger partial charge in [0.15, 0.2) is 5.56 Å². The van der Waals surface area contributed by atoms with E-state index in [-0.39, 0.29) is 23.5 Å². The minimum atomic E-state index is -0.588. The van der Waals surface area contributed by atoms with Crippen LogP contribution in [0.5, 0.6) is 0 Å². The highest BCUT2D eigenvalue weighted by Gasteiger charge is 2.36. The molecule has 1 fully saturated rings. The van der Waals surface area contributed by atoms with Gasteiger partial charge in [-0.15, -0.1) is 0 Å². The summed E-state index contributed by atoms with van der Waals surface area (Å²) in [5.41, 5.74) is -1.27. The molecule has 25 heavy (non-hydrogen) atoms. The first-order chi connectivity index (χ1) is 11.9. The van der Waals surface area contributed by atoms with Gasteiger partial charge < -0.3 is 10.4 Å². The number of anilines is 1. The maximum atomic E-state index is 12.2. The van der Waals surface area contributed by atoms with Crippen molar-refractivity contribution >= 4 is 5.82 Å². The summed E-state index contributed by atoms with van der Waals surface area (Å²) in [4.78, 5) is 26.5. The van der Waals surface area contributed by atoms with Gasteiger partial charge in [-0.25, -0.2) is 4.79 Å². The van der Waals surface area contributed by atoms with Crippen molar-refractivity contribution in [1.82, 2.24) is 14.0 Å². The van der Waals surface area contributed by atoms with E-state index < -0.39 is 11.2 Å². The summed E-state index contributed by atoms with van der Waals surface area (Å²) in [5, 5.41) is 21.9. The molecule has 1 heterocycles. The molecule has 1 aliphatic carbocycles. The van der Waals surface area contributed by atoms with E-state index in [0.29, 0.717) is 13.1 Å². The average Bonchev–Trinajstić information content (AvgIpc) is 2.62. The Morgan fingerprint density at radius 1 is 1.24 bits per heavy atom. The summed E-state index contributed by atoms with van der Waals surface area (Å²) >= 11 is 0. The van der Waals surface area contributed by atoms with Gasteiger partial charge in [0, 0.05) is 32.7 Å². The molecular formula is C17H27N5O3. The Kier molecular flexibility index (Phi) is 6.03. The van der Waals surface area contributed by atoms with Crippen molar-refractivity contribution in [3.8, 4) is 6.07 Å². The van der Waals surface area contributed by atoms with Crippen LogP contribution in [-0.4, -0.2) is 51.4 Å². The van der Waals surface area contributed by atoms with Crippen LogP contribution in [0, 0.1) is 11.3 Å². The van der Waals surface area contributed by atoms with E-state index in [1.54, 1.807) is 7.05 Å². The number of hydrogen-bond acceptors (Lipinski definition) is 6. The lowest BCUT2D eigenvalue weighted by atomic mass is 9.80. The van der Waals surface area contributed by atoms with E-state index in [4.69, 9.17) is 0 Å². The number of rotatable bonds is 6. The van der Waals surface area contributed by atoms with Gasteiger partial charge in [-0.2, -0.15) is 5.26 Å². The summed E-state index contributed by atoms with van der Waals surface area (Å²) in [6, 6.07) is 1.92. The Bertz CT molecular complexity index is 768. The third kappa shape index (κ3) is 3.62. The van der Waals surface area contributed by atoms with Crippen LogP contribution in [0.1, 0.15) is 37.7 Å². The Labute approximate surface area is 147 Å². The van der Waals surface area contributed by atoms with E-state index in [1.807, 2.05) is 13.1 Å². The van der Waals surface area contributed by atoms with Crippen LogP contribution in [0.15, 0.2) is 9.59 Å². The van der Waals surface area contributed by atoms with Crippen LogP contribution in [0.2, 0.25) is 0 Å². The smallest absolute Gasteiger partial charge is 0.332 e. The van der Waals surface area contributed by atoms with Gasteiger partial charge in [0.1, 0.15) is 11.9 Å². The number of aliphatic hydroxyl groups excluding tert-OH is 1. The van der Waals surface area contributed by atoms with Gasteiger partial charge in [0.25, 0.3) is 5.56 Å². The Hall–Kier alpha value is -2.11. The monoisotopic (exact) mass is 349 g/mol. The van der Waals surface area contributed by atoms with Gasteiger partial charge in [-0.05, 0) is 19.9 Å². The van der Waals surface area contributed by atoms with E-state index in [2.05, 4.69) is 10.2 Å². The van der Waals surface area contributed by atoms with Crippen LogP contribution in [0.25, 0.3) is 0 Å². The second-order valence-electron chi connectivity index (χ2n) is 6.82. The summed E-state index contributed by atoms with van der Waals surface area (Å²) in [7, 11) is 4.90. The van der Waals surface area contributed by atoms with Gasteiger partial charge in [0.2, 0.25) is 0 Å². The standard InChI is InChI=1S/C17H27N5O3/c1-20(9-10-23)17(7-5-4-6-8-17)12-19-14-13(11-18)15(24)22(3)16(25)21(14)2/h19,23H,4-10,12H2,1-3H3. The lowest BCUT2D eigenvalue weighted by molar-refractivity contribution is 0.0689. The number of β-amino-alcohol motifs (C(OH)–C–C–N with tert-alkyl or cyclic N) is 1. The first-order valence-corrected chi connectivity index (χ1v) is 8.64. The zero-order valence-corrected chi connectivity index (χ0v) is 15.2. The molecule has 0 bridgehead atoms. The number of aliphatic hydroxyl groups is 1. The number of nitriles is 1. The van der Waals surface area contributed by atoms with E-state index in [9.17, 15) is 20.0 Å². The SMILES string of the molecule is CN(CCO)C1(CNc2c(C#N)c(=O)n(C)c(=O)n2C)CCCCC1. The molecule has 0 unspecified atom stereocenters.